The van der Waals surface area contributed by atoms with Gasteiger partial charge in [-0.05, 0) is 29.8 Å². The van der Waals surface area contributed by atoms with Crippen molar-refractivity contribution in [1.82, 2.24) is 0 Å². The lowest BCUT2D eigenvalue weighted by Crippen LogP contribution is -2.17. The second-order valence-electron chi connectivity index (χ2n) is 4.49. The highest BCUT2D eigenvalue weighted by Crippen LogP contribution is 2.25. The lowest BCUT2D eigenvalue weighted by Gasteiger charge is -2.09. The van der Waals surface area contributed by atoms with Gasteiger partial charge in [0.05, 0.1) is 5.56 Å². The van der Waals surface area contributed by atoms with Crippen molar-refractivity contribution in [1.29, 1.82) is 0 Å². The summed E-state index contributed by atoms with van der Waals surface area (Å²) in [5.41, 5.74) is 0.486. The topological polar surface area (TPSA) is 66.8 Å². The van der Waals surface area contributed by atoms with Gasteiger partial charge in [-0.25, -0.2) is 0 Å². The highest BCUT2D eigenvalue weighted by molar-refractivity contribution is 6.00. The maximum atomic E-state index is 12.0. The molecule has 0 aliphatic rings. The van der Waals surface area contributed by atoms with Gasteiger partial charge < -0.3 is 14.9 Å². The number of alkyl halides is 3. The number of rotatable bonds is 4. The van der Waals surface area contributed by atoms with Crippen LogP contribution in [0.2, 0.25) is 0 Å². The molecule has 7 heteroatoms. The molecule has 2 N–H and O–H groups in total. The Morgan fingerprint density at radius 3 is 2.23 bits per heavy atom. The fourth-order valence-corrected chi connectivity index (χ4v) is 1.85. The Kier molecular flexibility index (Phi) is 4.25. The molecule has 2 aromatic carbocycles. The Bertz CT molecular complexity index is 678. The lowest BCUT2D eigenvalue weighted by atomic mass is 10.0. The Labute approximate surface area is 123 Å². The molecule has 0 aromatic heterocycles. The average molecular weight is 312 g/mol. The molecule has 0 fully saturated rings. The summed E-state index contributed by atoms with van der Waals surface area (Å²) in [5.74, 6) is -1.34. The van der Waals surface area contributed by atoms with Crippen LogP contribution in [0.15, 0.2) is 42.5 Å². The second kappa shape index (κ2) is 5.97. The van der Waals surface area contributed by atoms with Crippen molar-refractivity contribution in [2.75, 3.05) is 0 Å². The van der Waals surface area contributed by atoms with Crippen LogP contribution >= 0.6 is 0 Å². The van der Waals surface area contributed by atoms with Crippen molar-refractivity contribution in [2.45, 2.75) is 12.8 Å². The van der Waals surface area contributed by atoms with E-state index in [4.69, 9.17) is 5.11 Å². The van der Waals surface area contributed by atoms with Gasteiger partial charge in [0.1, 0.15) is 17.2 Å². The molecule has 116 valence electrons. The van der Waals surface area contributed by atoms with Crippen LogP contribution in [-0.2, 0) is 6.42 Å². The predicted octanol–water partition coefficient (Wildman–Crippen LogP) is 3.42. The van der Waals surface area contributed by atoms with Crippen LogP contribution in [0.5, 0.6) is 17.2 Å². The maximum Gasteiger partial charge on any atom is 0.573 e. The van der Waals surface area contributed by atoms with Crippen molar-refractivity contribution < 1.29 is 32.9 Å². The van der Waals surface area contributed by atoms with Crippen molar-refractivity contribution in [3.05, 3.63) is 53.6 Å². The molecule has 0 aliphatic carbocycles. The van der Waals surface area contributed by atoms with Gasteiger partial charge in [0.25, 0.3) is 0 Å². The van der Waals surface area contributed by atoms with Gasteiger partial charge in [-0.3, -0.25) is 4.79 Å². The molecule has 4 nitrogen and oxygen atoms in total. The molecule has 0 unspecified atom stereocenters. The molecular formula is C15H11F3O4. The Morgan fingerprint density at radius 2 is 1.68 bits per heavy atom. The Hall–Kier alpha value is -2.70. The quantitative estimate of drug-likeness (QED) is 0.849. The number of phenols is 2. The fourth-order valence-electron chi connectivity index (χ4n) is 1.85. The molecule has 0 spiro atoms. The number of aromatic hydroxyl groups is 2. The minimum absolute atomic E-state index is 0.0217. The number of ketones is 1. The zero-order chi connectivity index (χ0) is 16.3. The molecule has 2 aromatic rings. The predicted molar refractivity (Wildman–Crippen MR) is 70.9 cm³/mol. The van der Waals surface area contributed by atoms with Crippen molar-refractivity contribution in [3.8, 4) is 17.2 Å². The van der Waals surface area contributed by atoms with Crippen molar-refractivity contribution in [3.63, 3.8) is 0 Å². The van der Waals surface area contributed by atoms with Crippen molar-refractivity contribution in [2.24, 2.45) is 0 Å². The van der Waals surface area contributed by atoms with E-state index in [0.717, 1.165) is 18.2 Å². The molecule has 0 aliphatic heterocycles. The number of benzene rings is 2. The van der Waals surface area contributed by atoms with E-state index in [1.165, 1.54) is 24.3 Å². The molecule has 0 heterocycles. The molecule has 0 bridgehead atoms. The van der Waals surface area contributed by atoms with Gasteiger partial charge in [-0.2, -0.15) is 0 Å². The minimum Gasteiger partial charge on any atom is -0.508 e. The first-order valence-corrected chi connectivity index (χ1v) is 6.14. The van der Waals surface area contributed by atoms with Crippen LogP contribution in [0.1, 0.15) is 15.9 Å². The van der Waals surface area contributed by atoms with Gasteiger partial charge >= 0.3 is 6.36 Å². The second-order valence-corrected chi connectivity index (χ2v) is 4.49. The highest BCUT2D eigenvalue weighted by Gasteiger charge is 2.30. The van der Waals surface area contributed by atoms with E-state index >= 15 is 0 Å². The van der Waals surface area contributed by atoms with E-state index in [9.17, 15) is 23.1 Å². The number of hydrogen-bond donors (Lipinski definition) is 2. The van der Waals surface area contributed by atoms with Gasteiger partial charge in [0.15, 0.2) is 5.78 Å². The van der Waals surface area contributed by atoms with Crippen LogP contribution in [0, 0.1) is 0 Å². The minimum atomic E-state index is -4.77. The summed E-state index contributed by atoms with van der Waals surface area (Å²) in [6, 6.07) is 8.43. The Balaban J connectivity index is 2.09. The third-order valence-corrected chi connectivity index (χ3v) is 2.80. The van der Waals surface area contributed by atoms with Crippen LogP contribution in [-0.4, -0.2) is 22.4 Å². The van der Waals surface area contributed by atoms with E-state index in [2.05, 4.69) is 4.74 Å². The number of carbonyl (C=O) groups excluding carboxylic acids is 1. The molecule has 0 atom stereocenters. The molecule has 0 saturated carbocycles. The summed E-state index contributed by atoms with van der Waals surface area (Å²) in [6.45, 7) is 0. The van der Waals surface area contributed by atoms with Crippen LogP contribution < -0.4 is 4.74 Å². The van der Waals surface area contributed by atoms with E-state index in [1.807, 2.05) is 0 Å². The van der Waals surface area contributed by atoms with Crippen molar-refractivity contribution >= 4 is 5.78 Å². The summed E-state index contributed by atoms with van der Waals surface area (Å²) in [4.78, 5) is 12.0. The highest BCUT2D eigenvalue weighted by atomic mass is 19.4. The summed E-state index contributed by atoms with van der Waals surface area (Å²) < 4.78 is 39.8. The zero-order valence-electron chi connectivity index (χ0n) is 11.1. The third kappa shape index (κ3) is 4.15. The average Bonchev–Trinajstić information content (AvgIpc) is 2.39. The summed E-state index contributed by atoms with van der Waals surface area (Å²) in [5, 5.41) is 18.7. The number of hydrogen-bond acceptors (Lipinski definition) is 4. The number of halogens is 3. The zero-order valence-corrected chi connectivity index (χ0v) is 11.1. The molecule has 0 amide bonds. The van der Waals surface area contributed by atoms with E-state index in [1.54, 1.807) is 0 Å². The molecule has 2 rings (SSSR count). The van der Waals surface area contributed by atoms with Gasteiger partial charge in [0, 0.05) is 12.5 Å². The van der Waals surface area contributed by atoms with E-state index in [-0.39, 0.29) is 29.2 Å². The molecule has 22 heavy (non-hydrogen) atoms. The largest absolute Gasteiger partial charge is 0.573 e. The summed E-state index contributed by atoms with van der Waals surface area (Å²) in [6.07, 6.45) is -4.88. The molecule has 0 saturated heterocycles. The Morgan fingerprint density at radius 1 is 1.05 bits per heavy atom. The lowest BCUT2D eigenvalue weighted by molar-refractivity contribution is -0.274. The monoisotopic (exact) mass is 312 g/mol. The smallest absolute Gasteiger partial charge is 0.508 e. The maximum absolute atomic E-state index is 12.0. The summed E-state index contributed by atoms with van der Waals surface area (Å²) in [7, 11) is 0. The number of Topliss-reactive ketones (excluding diaryl/α,β-unsaturated/α-hetero) is 1. The third-order valence-electron chi connectivity index (χ3n) is 2.80. The van der Waals surface area contributed by atoms with Crippen LogP contribution in [0.4, 0.5) is 13.2 Å². The normalized spacial score (nSPS) is 11.2. The number of phenolic OH excluding ortho intramolecular Hbond substituents is 2. The van der Waals surface area contributed by atoms with Gasteiger partial charge in [-0.15, -0.1) is 13.2 Å². The SMILES string of the molecule is O=C(Cc1ccc(OC(F)(F)F)cc1)c1ccc(O)cc1O. The number of carbonyl (C=O) groups is 1. The summed E-state index contributed by atoms with van der Waals surface area (Å²) >= 11 is 0. The first-order valence-electron chi connectivity index (χ1n) is 6.14. The number of ether oxygens (including phenoxy) is 1. The first kappa shape index (κ1) is 15.7. The van der Waals surface area contributed by atoms with E-state index < -0.39 is 12.1 Å². The molecule has 0 radical (unpaired) electrons. The fraction of sp³-hybridized carbons (Fsp3) is 0.133. The first-order chi connectivity index (χ1) is 10.2. The standard InChI is InChI=1S/C15H11F3O4/c16-15(17,18)22-11-4-1-9(2-5-11)7-13(20)12-6-3-10(19)8-14(12)21/h1-6,8,19,21H,7H2. The van der Waals surface area contributed by atoms with Gasteiger partial charge in [0.2, 0.25) is 0 Å². The molecular weight excluding hydrogens is 301 g/mol. The van der Waals surface area contributed by atoms with E-state index in [0.29, 0.717) is 5.56 Å². The van der Waals surface area contributed by atoms with Crippen LogP contribution in [0.3, 0.4) is 0 Å². The van der Waals surface area contributed by atoms with Gasteiger partial charge in [-0.1, -0.05) is 12.1 Å². The van der Waals surface area contributed by atoms with Crippen LogP contribution in [0.25, 0.3) is 0 Å².